The molecule has 3 rings (SSSR count). The molecule has 0 unspecified atom stereocenters. The zero-order valence-corrected chi connectivity index (χ0v) is 17.6. The molecule has 1 amide bonds. The summed E-state index contributed by atoms with van der Waals surface area (Å²) < 4.78 is 13.2. The standard InChI is InChI=1S/C22H23N3O6/c1-13-19(21(28)25(24(13)3)15-8-6-5-7-9-15)23-20(27)14(2)31-22(29)17-12-16(30-4)10-11-18(17)26/h5-12,14,26H,1-4H3,(H,23,27)/t14-/m0/s1. The second-order valence-electron chi connectivity index (χ2n) is 6.86. The number of carbonyl (C=O) groups excluding carboxylic acids is 2. The average Bonchev–Trinajstić information content (AvgIpc) is 2.97. The number of anilines is 1. The maximum absolute atomic E-state index is 12.9. The highest BCUT2D eigenvalue weighted by Gasteiger charge is 2.24. The smallest absolute Gasteiger partial charge is 0.342 e. The van der Waals surface area contributed by atoms with Crippen LogP contribution in [0.5, 0.6) is 11.5 Å². The van der Waals surface area contributed by atoms with Gasteiger partial charge in [0.2, 0.25) is 0 Å². The van der Waals surface area contributed by atoms with Gasteiger partial charge in [-0.2, -0.15) is 0 Å². The van der Waals surface area contributed by atoms with Gasteiger partial charge in [-0.1, -0.05) is 18.2 Å². The Bertz CT molecular complexity index is 1180. The fraction of sp³-hybridized carbons (Fsp3) is 0.227. The molecule has 1 heterocycles. The number of ether oxygens (including phenoxy) is 2. The molecule has 162 valence electrons. The fourth-order valence-corrected chi connectivity index (χ4v) is 3.02. The molecule has 1 atom stereocenters. The molecule has 3 aromatic rings. The molecule has 2 N–H and O–H groups in total. The van der Waals surface area contributed by atoms with Crippen molar-refractivity contribution in [3.05, 3.63) is 70.1 Å². The third-order valence-electron chi connectivity index (χ3n) is 4.88. The summed E-state index contributed by atoms with van der Waals surface area (Å²) in [7, 11) is 3.12. The molecule has 0 fully saturated rings. The number of amides is 1. The average molecular weight is 425 g/mol. The predicted molar refractivity (Wildman–Crippen MR) is 114 cm³/mol. The van der Waals surface area contributed by atoms with E-state index in [2.05, 4.69) is 5.32 Å². The van der Waals surface area contributed by atoms with Crippen LogP contribution in [0.2, 0.25) is 0 Å². The van der Waals surface area contributed by atoms with E-state index in [1.54, 1.807) is 42.9 Å². The molecule has 0 spiro atoms. The lowest BCUT2D eigenvalue weighted by molar-refractivity contribution is -0.123. The molecule has 2 aromatic carbocycles. The minimum absolute atomic E-state index is 0.0866. The van der Waals surface area contributed by atoms with Crippen LogP contribution in [0, 0.1) is 6.92 Å². The van der Waals surface area contributed by atoms with Gasteiger partial charge in [0.05, 0.1) is 18.5 Å². The highest BCUT2D eigenvalue weighted by molar-refractivity contribution is 5.98. The van der Waals surface area contributed by atoms with E-state index in [1.165, 1.54) is 36.9 Å². The number of aromatic hydroxyl groups is 1. The van der Waals surface area contributed by atoms with Gasteiger partial charge in [0.25, 0.3) is 11.5 Å². The van der Waals surface area contributed by atoms with Gasteiger partial charge in [0.15, 0.2) is 6.10 Å². The number of phenolic OH excluding ortho intramolecular Hbond substituents is 1. The molecule has 1 aromatic heterocycles. The Morgan fingerprint density at radius 3 is 2.45 bits per heavy atom. The topological polar surface area (TPSA) is 112 Å². The van der Waals surface area contributed by atoms with Crippen molar-refractivity contribution >= 4 is 17.6 Å². The third kappa shape index (κ3) is 4.30. The van der Waals surface area contributed by atoms with Crippen LogP contribution >= 0.6 is 0 Å². The van der Waals surface area contributed by atoms with Crippen LogP contribution in [-0.2, 0) is 16.6 Å². The number of methoxy groups -OCH3 is 1. The molecule has 0 radical (unpaired) electrons. The highest BCUT2D eigenvalue weighted by atomic mass is 16.5. The first-order chi connectivity index (χ1) is 14.7. The van der Waals surface area contributed by atoms with E-state index in [9.17, 15) is 19.5 Å². The Kier molecular flexibility index (Phi) is 6.15. The van der Waals surface area contributed by atoms with Crippen molar-refractivity contribution in [1.29, 1.82) is 0 Å². The summed E-state index contributed by atoms with van der Waals surface area (Å²) in [4.78, 5) is 37.9. The Labute approximate surface area is 178 Å². The molecule has 9 nitrogen and oxygen atoms in total. The Hall–Kier alpha value is -4.01. The largest absolute Gasteiger partial charge is 0.507 e. The number of carbonyl (C=O) groups is 2. The molecule has 0 saturated carbocycles. The zero-order valence-electron chi connectivity index (χ0n) is 17.6. The van der Waals surface area contributed by atoms with E-state index in [-0.39, 0.29) is 17.0 Å². The third-order valence-corrected chi connectivity index (χ3v) is 4.88. The molecule has 0 aliphatic heterocycles. The van der Waals surface area contributed by atoms with Gasteiger partial charge < -0.3 is 19.9 Å². The van der Waals surface area contributed by atoms with Gasteiger partial charge in [-0.05, 0) is 44.2 Å². The van der Waals surface area contributed by atoms with Crippen LogP contribution in [0.15, 0.2) is 53.3 Å². The van der Waals surface area contributed by atoms with Crippen molar-refractivity contribution in [2.45, 2.75) is 20.0 Å². The Balaban J connectivity index is 1.79. The molecule has 0 aliphatic rings. The molecule has 0 aliphatic carbocycles. The van der Waals surface area contributed by atoms with Crippen LogP contribution < -0.4 is 15.6 Å². The van der Waals surface area contributed by atoms with E-state index in [4.69, 9.17) is 9.47 Å². The van der Waals surface area contributed by atoms with Crippen molar-refractivity contribution < 1.29 is 24.2 Å². The number of phenols is 1. The molecule has 9 heteroatoms. The quantitative estimate of drug-likeness (QED) is 0.587. The molecular formula is C22H23N3O6. The number of nitrogens with one attached hydrogen (secondary N) is 1. The second-order valence-corrected chi connectivity index (χ2v) is 6.86. The van der Waals surface area contributed by atoms with Gasteiger partial charge >= 0.3 is 5.97 Å². The molecular weight excluding hydrogens is 402 g/mol. The van der Waals surface area contributed by atoms with Gasteiger partial charge in [0.1, 0.15) is 22.7 Å². The van der Waals surface area contributed by atoms with Crippen molar-refractivity contribution in [3.8, 4) is 17.2 Å². The summed E-state index contributed by atoms with van der Waals surface area (Å²) in [5.41, 5.74) is 0.714. The lowest BCUT2D eigenvalue weighted by atomic mass is 10.2. The molecule has 0 bridgehead atoms. The van der Waals surface area contributed by atoms with Gasteiger partial charge in [-0.25, -0.2) is 9.48 Å². The van der Waals surface area contributed by atoms with E-state index in [0.29, 0.717) is 17.1 Å². The van der Waals surface area contributed by atoms with Gasteiger partial charge in [-0.3, -0.25) is 14.3 Å². The molecule has 31 heavy (non-hydrogen) atoms. The number of para-hydroxylation sites is 1. The molecule has 0 saturated heterocycles. The lowest BCUT2D eigenvalue weighted by Crippen LogP contribution is -2.32. The maximum atomic E-state index is 12.9. The maximum Gasteiger partial charge on any atom is 0.342 e. The highest BCUT2D eigenvalue weighted by Crippen LogP contribution is 2.24. The van der Waals surface area contributed by atoms with E-state index >= 15 is 0 Å². The van der Waals surface area contributed by atoms with Crippen LogP contribution in [0.3, 0.4) is 0 Å². The van der Waals surface area contributed by atoms with Crippen molar-refractivity contribution in [1.82, 2.24) is 9.36 Å². The summed E-state index contributed by atoms with van der Waals surface area (Å²) in [6, 6.07) is 13.1. The van der Waals surface area contributed by atoms with Crippen LogP contribution in [0.1, 0.15) is 23.0 Å². The lowest BCUT2D eigenvalue weighted by Gasteiger charge is -2.14. The number of hydrogen-bond acceptors (Lipinski definition) is 6. The number of esters is 1. The van der Waals surface area contributed by atoms with E-state index in [1.807, 2.05) is 6.07 Å². The van der Waals surface area contributed by atoms with Crippen molar-refractivity contribution in [2.75, 3.05) is 12.4 Å². The fourth-order valence-electron chi connectivity index (χ4n) is 3.02. The van der Waals surface area contributed by atoms with Crippen molar-refractivity contribution in [3.63, 3.8) is 0 Å². The summed E-state index contributed by atoms with van der Waals surface area (Å²) in [5, 5.41) is 12.4. The summed E-state index contributed by atoms with van der Waals surface area (Å²) in [5.74, 6) is -1.53. The van der Waals surface area contributed by atoms with Crippen LogP contribution in [0.4, 0.5) is 5.69 Å². The minimum Gasteiger partial charge on any atom is -0.507 e. The van der Waals surface area contributed by atoms with Crippen LogP contribution in [-0.4, -0.2) is 39.6 Å². The number of rotatable bonds is 6. The van der Waals surface area contributed by atoms with E-state index < -0.39 is 23.5 Å². The van der Waals surface area contributed by atoms with Crippen molar-refractivity contribution in [2.24, 2.45) is 7.05 Å². The first kappa shape index (κ1) is 21.7. The minimum atomic E-state index is -1.22. The summed E-state index contributed by atoms with van der Waals surface area (Å²) in [6.45, 7) is 3.07. The summed E-state index contributed by atoms with van der Waals surface area (Å²) >= 11 is 0. The predicted octanol–water partition coefficient (Wildman–Crippen LogP) is 2.38. The van der Waals surface area contributed by atoms with Gasteiger partial charge in [-0.15, -0.1) is 0 Å². The second kappa shape index (κ2) is 8.78. The monoisotopic (exact) mass is 425 g/mol. The zero-order chi connectivity index (χ0) is 22.7. The number of hydrogen-bond donors (Lipinski definition) is 2. The SMILES string of the molecule is COc1ccc(O)c(C(=O)O[C@@H](C)C(=O)Nc2c(C)n(C)n(-c3ccccc3)c2=O)c1. The number of benzene rings is 2. The first-order valence-electron chi connectivity index (χ1n) is 9.47. The Morgan fingerprint density at radius 2 is 1.81 bits per heavy atom. The first-order valence-corrected chi connectivity index (χ1v) is 9.47. The number of nitrogens with zero attached hydrogens (tertiary/aromatic N) is 2. The Morgan fingerprint density at radius 1 is 1.13 bits per heavy atom. The van der Waals surface area contributed by atoms with Crippen LogP contribution in [0.25, 0.3) is 5.69 Å². The van der Waals surface area contributed by atoms with E-state index in [0.717, 1.165) is 0 Å². The van der Waals surface area contributed by atoms with Gasteiger partial charge in [0, 0.05) is 7.05 Å². The normalized spacial score (nSPS) is 11.6. The summed E-state index contributed by atoms with van der Waals surface area (Å²) in [6.07, 6.45) is -1.22. The number of aromatic nitrogens is 2.